The second kappa shape index (κ2) is 8.35. The van der Waals surface area contributed by atoms with Crippen molar-refractivity contribution in [2.24, 2.45) is 0 Å². The summed E-state index contributed by atoms with van der Waals surface area (Å²) in [6, 6.07) is 14.1. The van der Waals surface area contributed by atoms with E-state index in [1.807, 2.05) is 0 Å². The van der Waals surface area contributed by atoms with Crippen molar-refractivity contribution in [1.82, 2.24) is 0 Å². The minimum Gasteiger partial charge on any atom is -0.496 e. The van der Waals surface area contributed by atoms with E-state index in [0.717, 1.165) is 0 Å². The van der Waals surface area contributed by atoms with E-state index in [2.05, 4.69) is 0 Å². The van der Waals surface area contributed by atoms with Gasteiger partial charge in [0.05, 0.1) is 19.1 Å². The maximum absolute atomic E-state index is 13.8. The third-order valence-electron chi connectivity index (χ3n) is 4.07. The summed E-state index contributed by atoms with van der Waals surface area (Å²) in [5.41, 5.74) is 1.07. The van der Waals surface area contributed by atoms with Gasteiger partial charge in [-0.3, -0.25) is 9.59 Å². The van der Waals surface area contributed by atoms with Crippen molar-refractivity contribution < 1.29 is 28.2 Å². The van der Waals surface area contributed by atoms with Crippen molar-refractivity contribution in [2.45, 2.75) is 6.42 Å². The van der Waals surface area contributed by atoms with Crippen LogP contribution < -0.4 is 4.74 Å². The van der Waals surface area contributed by atoms with Crippen molar-refractivity contribution in [2.75, 3.05) is 7.11 Å². The van der Waals surface area contributed by atoms with Gasteiger partial charge in [0.25, 0.3) is 0 Å². The van der Waals surface area contributed by atoms with Crippen molar-refractivity contribution in [3.63, 3.8) is 0 Å². The molecular weight excluding hydrogens is 363 g/mol. The molecule has 0 unspecified atom stereocenters. The van der Waals surface area contributed by atoms with E-state index in [4.69, 9.17) is 14.3 Å². The molecule has 3 aromatic rings. The van der Waals surface area contributed by atoms with Crippen LogP contribution in [0.1, 0.15) is 21.7 Å². The molecule has 0 amide bonds. The molecule has 0 bridgehead atoms. The van der Waals surface area contributed by atoms with E-state index in [0.29, 0.717) is 34.0 Å². The maximum Gasteiger partial charge on any atom is 0.307 e. The zero-order valence-corrected chi connectivity index (χ0v) is 15.0. The molecule has 5 nitrogen and oxygen atoms in total. The standard InChI is InChI=1S/C22H17FO5/c1-27-20-10-6-14(12-15(20)13-22(25)26)19(24)9-7-16-8-11-21(28-16)17-4-2-3-5-18(17)23/h2-12H,13H2,1H3,(H,25,26)/b9-7+. The number of carbonyl (C=O) groups is 2. The average molecular weight is 380 g/mol. The Kier molecular flexibility index (Phi) is 5.69. The van der Waals surface area contributed by atoms with E-state index in [-0.39, 0.29) is 12.2 Å². The molecule has 3 rings (SSSR count). The molecule has 1 N–H and O–H groups in total. The van der Waals surface area contributed by atoms with Gasteiger partial charge in [-0.25, -0.2) is 4.39 Å². The number of ether oxygens (including phenoxy) is 1. The average Bonchev–Trinajstić information content (AvgIpc) is 3.14. The van der Waals surface area contributed by atoms with Crippen LogP contribution >= 0.6 is 0 Å². The predicted octanol–water partition coefficient (Wildman–Crippen LogP) is 4.62. The van der Waals surface area contributed by atoms with E-state index >= 15 is 0 Å². The molecule has 0 spiro atoms. The fourth-order valence-electron chi connectivity index (χ4n) is 2.74. The summed E-state index contributed by atoms with van der Waals surface area (Å²) in [5, 5.41) is 8.99. The van der Waals surface area contributed by atoms with Gasteiger partial charge in [-0.1, -0.05) is 12.1 Å². The topological polar surface area (TPSA) is 76.7 Å². The first-order valence-corrected chi connectivity index (χ1v) is 8.44. The SMILES string of the molecule is COc1ccc(C(=O)/C=C/c2ccc(-c3ccccc3F)o2)cc1CC(=O)O. The van der Waals surface area contributed by atoms with Gasteiger partial charge in [0.15, 0.2) is 5.78 Å². The first kappa shape index (κ1) is 19.1. The summed E-state index contributed by atoms with van der Waals surface area (Å²) in [4.78, 5) is 23.4. The Morgan fingerprint density at radius 3 is 2.64 bits per heavy atom. The van der Waals surface area contributed by atoms with E-state index in [9.17, 15) is 14.0 Å². The minimum atomic E-state index is -1.02. The van der Waals surface area contributed by atoms with Gasteiger partial charge in [-0.15, -0.1) is 0 Å². The normalized spacial score (nSPS) is 10.9. The van der Waals surface area contributed by atoms with E-state index in [1.165, 1.54) is 31.4 Å². The molecular formula is C22H17FO5. The second-order valence-corrected chi connectivity index (χ2v) is 5.98. The van der Waals surface area contributed by atoms with Gasteiger partial charge in [0, 0.05) is 11.1 Å². The molecule has 0 radical (unpaired) electrons. The number of methoxy groups -OCH3 is 1. The molecule has 0 aliphatic carbocycles. The molecule has 28 heavy (non-hydrogen) atoms. The fourth-order valence-corrected chi connectivity index (χ4v) is 2.74. The van der Waals surface area contributed by atoms with Crippen LogP contribution in [-0.4, -0.2) is 24.0 Å². The van der Waals surface area contributed by atoms with Crippen LogP contribution in [0.15, 0.2) is 65.1 Å². The molecule has 6 heteroatoms. The number of carboxylic acids is 1. The van der Waals surface area contributed by atoms with Crippen LogP contribution in [0.25, 0.3) is 17.4 Å². The number of furan rings is 1. The van der Waals surface area contributed by atoms with Crippen molar-refractivity contribution in [1.29, 1.82) is 0 Å². The molecule has 0 aliphatic heterocycles. The molecule has 0 aliphatic rings. The molecule has 0 saturated carbocycles. The second-order valence-electron chi connectivity index (χ2n) is 5.98. The number of carbonyl (C=O) groups excluding carboxylic acids is 1. The number of ketones is 1. The van der Waals surface area contributed by atoms with E-state index < -0.39 is 11.8 Å². The van der Waals surface area contributed by atoms with Crippen molar-refractivity contribution >= 4 is 17.8 Å². The van der Waals surface area contributed by atoms with Gasteiger partial charge in [-0.05, 0) is 54.6 Å². The van der Waals surface area contributed by atoms with Crippen LogP contribution in [0, 0.1) is 5.82 Å². The Hall–Kier alpha value is -3.67. The quantitative estimate of drug-likeness (QED) is 0.478. The van der Waals surface area contributed by atoms with E-state index in [1.54, 1.807) is 42.5 Å². The van der Waals surface area contributed by atoms with Gasteiger partial charge >= 0.3 is 5.97 Å². The number of carboxylic acid groups (broad SMARTS) is 1. The predicted molar refractivity (Wildman–Crippen MR) is 102 cm³/mol. The molecule has 2 aromatic carbocycles. The summed E-state index contributed by atoms with van der Waals surface area (Å²) in [6.07, 6.45) is 2.54. The zero-order chi connectivity index (χ0) is 20.1. The highest BCUT2D eigenvalue weighted by Crippen LogP contribution is 2.25. The zero-order valence-electron chi connectivity index (χ0n) is 15.0. The lowest BCUT2D eigenvalue weighted by molar-refractivity contribution is -0.136. The molecule has 0 atom stereocenters. The molecule has 0 fully saturated rings. The van der Waals surface area contributed by atoms with Crippen LogP contribution in [0.2, 0.25) is 0 Å². The third kappa shape index (κ3) is 4.35. The molecule has 1 heterocycles. The summed E-state index contributed by atoms with van der Waals surface area (Å²) in [5.74, 6) is -0.576. The summed E-state index contributed by atoms with van der Waals surface area (Å²) in [7, 11) is 1.44. The highest BCUT2D eigenvalue weighted by Gasteiger charge is 2.12. The monoisotopic (exact) mass is 380 g/mol. The number of rotatable bonds is 7. The first-order valence-electron chi connectivity index (χ1n) is 8.44. The Balaban J connectivity index is 1.79. The van der Waals surface area contributed by atoms with Gasteiger partial charge in [0.2, 0.25) is 0 Å². The highest BCUT2D eigenvalue weighted by atomic mass is 19.1. The lowest BCUT2D eigenvalue weighted by atomic mass is 10.0. The van der Waals surface area contributed by atoms with Crippen LogP contribution in [0.5, 0.6) is 5.75 Å². The van der Waals surface area contributed by atoms with Gasteiger partial charge < -0.3 is 14.3 Å². The fraction of sp³-hybridized carbons (Fsp3) is 0.0909. The van der Waals surface area contributed by atoms with Gasteiger partial charge in [-0.2, -0.15) is 0 Å². The molecule has 142 valence electrons. The third-order valence-corrected chi connectivity index (χ3v) is 4.07. The molecule has 1 aromatic heterocycles. The van der Waals surface area contributed by atoms with Crippen molar-refractivity contribution in [3.05, 3.63) is 83.4 Å². The minimum absolute atomic E-state index is 0.252. The number of benzene rings is 2. The lowest BCUT2D eigenvalue weighted by Crippen LogP contribution is -2.04. The maximum atomic E-state index is 13.8. The smallest absolute Gasteiger partial charge is 0.307 e. The van der Waals surface area contributed by atoms with Crippen LogP contribution in [0.3, 0.4) is 0 Å². The van der Waals surface area contributed by atoms with Gasteiger partial charge in [0.1, 0.15) is 23.1 Å². The Morgan fingerprint density at radius 1 is 1.14 bits per heavy atom. The lowest BCUT2D eigenvalue weighted by Gasteiger charge is -2.07. The number of aliphatic carboxylic acids is 1. The summed E-state index contributed by atoms with van der Waals surface area (Å²) in [6.45, 7) is 0. The Morgan fingerprint density at radius 2 is 1.93 bits per heavy atom. The van der Waals surface area contributed by atoms with Crippen LogP contribution in [-0.2, 0) is 11.2 Å². The van der Waals surface area contributed by atoms with Crippen LogP contribution in [0.4, 0.5) is 4.39 Å². The number of hydrogen-bond acceptors (Lipinski definition) is 4. The first-order chi connectivity index (χ1) is 13.5. The Labute approximate surface area is 160 Å². The highest BCUT2D eigenvalue weighted by molar-refractivity contribution is 6.07. The number of hydrogen-bond donors (Lipinski definition) is 1. The summed E-state index contributed by atoms with van der Waals surface area (Å²) < 4.78 is 24.5. The number of halogens is 1. The Bertz CT molecular complexity index is 1050. The van der Waals surface area contributed by atoms with Crippen molar-refractivity contribution in [3.8, 4) is 17.1 Å². The molecule has 0 saturated heterocycles. The largest absolute Gasteiger partial charge is 0.496 e. The summed E-state index contributed by atoms with van der Waals surface area (Å²) >= 11 is 0. The number of allylic oxidation sites excluding steroid dienone is 1.